The van der Waals surface area contributed by atoms with Crippen LogP contribution in [0.2, 0.25) is 5.02 Å². The number of halogens is 1. The molecule has 0 bridgehead atoms. The van der Waals surface area contributed by atoms with E-state index in [0.29, 0.717) is 6.42 Å². The van der Waals surface area contributed by atoms with Gasteiger partial charge in [0.2, 0.25) is 0 Å². The summed E-state index contributed by atoms with van der Waals surface area (Å²) in [4.78, 5) is 1.00. The predicted octanol–water partition coefficient (Wildman–Crippen LogP) is 2.04. The molecule has 18 heavy (non-hydrogen) atoms. The first-order chi connectivity index (χ1) is 8.54. The Labute approximate surface area is 115 Å². The second kappa shape index (κ2) is 5.34. The first kappa shape index (κ1) is 13.5. The van der Waals surface area contributed by atoms with Crippen LogP contribution in [0.25, 0.3) is 0 Å². The van der Waals surface area contributed by atoms with Gasteiger partial charge in [0, 0.05) is 19.5 Å². The van der Waals surface area contributed by atoms with E-state index >= 15 is 0 Å². The Morgan fingerprint density at radius 3 is 2.72 bits per heavy atom. The molecule has 0 spiro atoms. The summed E-state index contributed by atoms with van der Waals surface area (Å²) in [5.41, 5.74) is 8.97. The first-order valence-corrected chi connectivity index (χ1v) is 6.94. The van der Waals surface area contributed by atoms with E-state index in [4.69, 9.17) is 17.3 Å². The van der Waals surface area contributed by atoms with Gasteiger partial charge in [-0.05, 0) is 24.9 Å². The number of hydrogen-bond donors (Lipinski definition) is 1. The molecule has 2 aromatic rings. The van der Waals surface area contributed by atoms with Crippen molar-refractivity contribution in [2.24, 2.45) is 12.8 Å². The number of nitrogens with two attached hydrogens (primary N) is 1. The average molecular weight is 286 g/mol. The van der Waals surface area contributed by atoms with E-state index in [-0.39, 0.29) is 6.04 Å². The molecule has 2 aromatic heterocycles. The highest BCUT2D eigenvalue weighted by Crippen LogP contribution is 2.27. The highest BCUT2D eigenvalue weighted by molar-refractivity contribution is 7.05. The van der Waals surface area contributed by atoms with Crippen LogP contribution >= 0.6 is 23.1 Å². The molecular weight excluding hydrogens is 270 g/mol. The maximum atomic E-state index is 6.31. The molecule has 7 heteroatoms. The molecule has 0 radical (unpaired) electrons. The maximum absolute atomic E-state index is 6.31. The van der Waals surface area contributed by atoms with Crippen LogP contribution in [0.1, 0.15) is 34.9 Å². The van der Waals surface area contributed by atoms with E-state index in [0.717, 1.165) is 33.4 Å². The van der Waals surface area contributed by atoms with Crippen molar-refractivity contribution in [2.45, 2.75) is 32.7 Å². The van der Waals surface area contributed by atoms with E-state index in [1.54, 1.807) is 0 Å². The molecule has 1 atom stereocenters. The third kappa shape index (κ3) is 2.41. The smallest absolute Gasteiger partial charge is 0.0850 e. The highest BCUT2D eigenvalue weighted by atomic mass is 35.5. The standard InChI is InChI=1S/C11H16ClN5S/c1-4-8-10(12)9(17(3)15-8)5-7(13)11-6(2)14-16-18-11/h7H,4-5,13H2,1-3H3. The van der Waals surface area contributed by atoms with Crippen molar-refractivity contribution in [1.82, 2.24) is 19.4 Å². The summed E-state index contributed by atoms with van der Waals surface area (Å²) in [6, 6.07) is -0.136. The van der Waals surface area contributed by atoms with Crippen LogP contribution in [0, 0.1) is 6.92 Å². The molecule has 0 aromatic carbocycles. The first-order valence-electron chi connectivity index (χ1n) is 5.79. The number of hydrogen-bond acceptors (Lipinski definition) is 5. The molecule has 2 rings (SSSR count). The fraction of sp³-hybridized carbons (Fsp3) is 0.545. The largest absolute Gasteiger partial charge is 0.323 e. The molecule has 0 amide bonds. The molecule has 98 valence electrons. The highest BCUT2D eigenvalue weighted by Gasteiger charge is 2.19. The predicted molar refractivity (Wildman–Crippen MR) is 72.9 cm³/mol. The molecule has 2 N–H and O–H groups in total. The van der Waals surface area contributed by atoms with Gasteiger partial charge in [-0.25, -0.2) is 0 Å². The SMILES string of the molecule is CCc1nn(C)c(CC(N)c2snnc2C)c1Cl. The maximum Gasteiger partial charge on any atom is 0.0850 e. The minimum absolute atomic E-state index is 0.136. The Balaban J connectivity index is 2.24. The second-order valence-electron chi connectivity index (χ2n) is 4.22. The zero-order valence-corrected chi connectivity index (χ0v) is 12.2. The van der Waals surface area contributed by atoms with Crippen molar-refractivity contribution in [3.05, 3.63) is 27.0 Å². The number of nitrogens with zero attached hydrogens (tertiary/aromatic N) is 4. The summed E-state index contributed by atoms with van der Waals surface area (Å²) in [5.74, 6) is 0. The van der Waals surface area contributed by atoms with Gasteiger partial charge in [-0.1, -0.05) is 23.0 Å². The number of aromatic nitrogens is 4. The number of aryl methyl sites for hydroxylation is 3. The number of rotatable bonds is 4. The third-order valence-electron chi connectivity index (χ3n) is 2.94. The lowest BCUT2D eigenvalue weighted by Gasteiger charge is -2.10. The van der Waals surface area contributed by atoms with Crippen LogP contribution in [-0.4, -0.2) is 19.4 Å². The van der Waals surface area contributed by atoms with Crippen molar-refractivity contribution >= 4 is 23.1 Å². The van der Waals surface area contributed by atoms with Gasteiger partial charge in [-0.15, -0.1) is 5.10 Å². The molecule has 2 heterocycles. The second-order valence-corrected chi connectivity index (χ2v) is 5.38. The molecule has 1 unspecified atom stereocenters. The molecule has 0 saturated heterocycles. The van der Waals surface area contributed by atoms with Crippen molar-refractivity contribution in [1.29, 1.82) is 0 Å². The van der Waals surface area contributed by atoms with Gasteiger partial charge in [0.1, 0.15) is 0 Å². The minimum Gasteiger partial charge on any atom is -0.323 e. The Hall–Kier alpha value is -0.980. The van der Waals surface area contributed by atoms with Crippen LogP contribution in [0.4, 0.5) is 0 Å². The van der Waals surface area contributed by atoms with Gasteiger partial charge in [0.15, 0.2) is 0 Å². The van der Waals surface area contributed by atoms with Crippen molar-refractivity contribution < 1.29 is 0 Å². The van der Waals surface area contributed by atoms with Gasteiger partial charge in [0.05, 0.1) is 27.0 Å². The lowest BCUT2D eigenvalue weighted by atomic mass is 10.1. The topological polar surface area (TPSA) is 69.6 Å². The normalized spacial score (nSPS) is 12.9. The van der Waals surface area contributed by atoms with E-state index in [1.807, 2.05) is 25.6 Å². The lowest BCUT2D eigenvalue weighted by Crippen LogP contribution is -2.15. The monoisotopic (exact) mass is 285 g/mol. The molecule has 0 aliphatic rings. The van der Waals surface area contributed by atoms with E-state index < -0.39 is 0 Å². The van der Waals surface area contributed by atoms with Crippen LogP contribution in [0.15, 0.2) is 0 Å². The zero-order valence-electron chi connectivity index (χ0n) is 10.6. The molecule has 0 saturated carbocycles. The fourth-order valence-corrected chi connectivity index (χ4v) is 2.93. The van der Waals surface area contributed by atoms with Gasteiger partial charge in [0.25, 0.3) is 0 Å². The van der Waals surface area contributed by atoms with E-state index in [9.17, 15) is 0 Å². The lowest BCUT2D eigenvalue weighted by molar-refractivity contribution is 0.641. The van der Waals surface area contributed by atoms with Crippen LogP contribution in [0.5, 0.6) is 0 Å². The molecular formula is C11H16ClN5S. The summed E-state index contributed by atoms with van der Waals surface area (Å²) < 4.78 is 5.72. The average Bonchev–Trinajstić information content (AvgIpc) is 2.87. The molecule has 0 fully saturated rings. The van der Waals surface area contributed by atoms with Crippen LogP contribution in [0.3, 0.4) is 0 Å². The molecule has 0 aliphatic carbocycles. The van der Waals surface area contributed by atoms with Crippen molar-refractivity contribution in [2.75, 3.05) is 0 Å². The van der Waals surface area contributed by atoms with Gasteiger partial charge in [-0.3, -0.25) is 4.68 Å². The van der Waals surface area contributed by atoms with Crippen molar-refractivity contribution in [3.8, 4) is 0 Å². The quantitative estimate of drug-likeness (QED) is 0.933. The molecule has 5 nitrogen and oxygen atoms in total. The Bertz CT molecular complexity index is 548. The molecule has 0 aliphatic heterocycles. The van der Waals surface area contributed by atoms with Crippen LogP contribution in [-0.2, 0) is 19.9 Å². The summed E-state index contributed by atoms with van der Waals surface area (Å²) in [5, 5.41) is 9.09. The van der Waals surface area contributed by atoms with Gasteiger partial charge < -0.3 is 5.73 Å². The van der Waals surface area contributed by atoms with E-state index in [2.05, 4.69) is 14.7 Å². The summed E-state index contributed by atoms with van der Waals surface area (Å²) >= 11 is 7.65. The third-order valence-corrected chi connectivity index (χ3v) is 4.33. The fourth-order valence-electron chi connectivity index (χ4n) is 1.92. The Kier molecular flexibility index (Phi) is 3.99. The summed E-state index contributed by atoms with van der Waals surface area (Å²) in [6.07, 6.45) is 1.47. The minimum atomic E-state index is -0.136. The van der Waals surface area contributed by atoms with Crippen molar-refractivity contribution in [3.63, 3.8) is 0 Å². The zero-order chi connectivity index (χ0) is 13.3. The van der Waals surface area contributed by atoms with Gasteiger partial charge >= 0.3 is 0 Å². The Morgan fingerprint density at radius 1 is 1.50 bits per heavy atom. The summed E-state index contributed by atoms with van der Waals surface area (Å²) in [7, 11) is 1.89. The van der Waals surface area contributed by atoms with Gasteiger partial charge in [-0.2, -0.15) is 5.10 Å². The van der Waals surface area contributed by atoms with E-state index in [1.165, 1.54) is 11.5 Å². The van der Waals surface area contributed by atoms with Crippen LogP contribution < -0.4 is 5.73 Å². The summed E-state index contributed by atoms with van der Waals surface area (Å²) in [6.45, 7) is 3.95. The Morgan fingerprint density at radius 2 is 2.22 bits per heavy atom.